The molecule has 0 saturated carbocycles. The zero-order chi connectivity index (χ0) is 13.0. The molecule has 5 nitrogen and oxygen atoms in total. The molecule has 0 fully saturated rings. The van der Waals surface area contributed by atoms with Crippen LogP contribution in [0.15, 0.2) is 24.3 Å². The lowest BCUT2D eigenvalue weighted by molar-refractivity contribution is 0.152. The number of benzene rings is 1. The quantitative estimate of drug-likeness (QED) is 0.897. The number of aromatic nitrogens is 2. The first kappa shape index (κ1) is 12.4. The van der Waals surface area contributed by atoms with Crippen molar-refractivity contribution in [2.45, 2.75) is 13.3 Å². The topological polar surface area (TPSA) is 56.1 Å². The molecular formula is C13H17N3O2. The van der Waals surface area contributed by atoms with E-state index in [4.69, 9.17) is 4.74 Å². The van der Waals surface area contributed by atoms with Gasteiger partial charge in [-0.1, -0.05) is 12.1 Å². The summed E-state index contributed by atoms with van der Waals surface area (Å²) in [6.07, 6.45) is 0.306. The van der Waals surface area contributed by atoms with E-state index in [2.05, 4.69) is 10.3 Å². The van der Waals surface area contributed by atoms with Gasteiger partial charge in [0.05, 0.1) is 17.6 Å². The molecule has 5 heteroatoms. The number of rotatable bonds is 4. The minimum atomic E-state index is -0.378. The fraction of sp³-hybridized carbons (Fsp3) is 0.385. The van der Waals surface area contributed by atoms with Gasteiger partial charge in [-0.25, -0.2) is 9.78 Å². The molecule has 0 aliphatic heterocycles. The van der Waals surface area contributed by atoms with Crippen LogP contribution in [0, 0.1) is 0 Å². The first-order valence-electron chi connectivity index (χ1n) is 6.03. The Bertz CT molecular complexity index is 548. The van der Waals surface area contributed by atoms with Gasteiger partial charge in [-0.2, -0.15) is 0 Å². The molecule has 1 N–H and O–H groups in total. The summed E-state index contributed by atoms with van der Waals surface area (Å²) in [6, 6.07) is 7.98. The highest BCUT2D eigenvalue weighted by atomic mass is 16.5. The summed E-state index contributed by atoms with van der Waals surface area (Å²) < 4.78 is 6.84. The van der Waals surface area contributed by atoms with Gasteiger partial charge in [0, 0.05) is 20.0 Å². The number of fused-ring (bicyclic) bond motifs is 1. The van der Waals surface area contributed by atoms with Gasteiger partial charge in [0.25, 0.3) is 0 Å². The van der Waals surface area contributed by atoms with Gasteiger partial charge in [0.1, 0.15) is 5.82 Å². The zero-order valence-electron chi connectivity index (χ0n) is 10.6. The molecule has 0 bridgehead atoms. The van der Waals surface area contributed by atoms with Crippen LogP contribution >= 0.6 is 0 Å². The first-order chi connectivity index (χ1) is 8.72. The highest BCUT2D eigenvalue weighted by molar-refractivity contribution is 5.75. The Labute approximate surface area is 106 Å². The third-order valence-corrected chi connectivity index (χ3v) is 2.77. The Morgan fingerprint density at radius 1 is 1.44 bits per heavy atom. The van der Waals surface area contributed by atoms with Crippen LogP contribution in [0.25, 0.3) is 11.0 Å². The van der Waals surface area contributed by atoms with Gasteiger partial charge in [-0.15, -0.1) is 0 Å². The standard InChI is InChI=1S/C13H17N3O2/c1-3-18-13(17)14-9-8-12-15-10-6-4-5-7-11(10)16(12)2/h4-7H,3,8-9H2,1-2H3,(H,14,17). The highest BCUT2D eigenvalue weighted by Gasteiger charge is 2.07. The minimum Gasteiger partial charge on any atom is -0.450 e. The first-order valence-corrected chi connectivity index (χ1v) is 6.03. The normalized spacial score (nSPS) is 10.6. The summed E-state index contributed by atoms with van der Waals surface area (Å²) in [5.41, 5.74) is 2.08. The van der Waals surface area contributed by atoms with E-state index < -0.39 is 0 Å². The van der Waals surface area contributed by atoms with E-state index in [0.29, 0.717) is 19.6 Å². The molecule has 0 spiro atoms. The van der Waals surface area contributed by atoms with Gasteiger partial charge < -0.3 is 14.6 Å². The molecule has 1 amide bonds. The van der Waals surface area contributed by atoms with Crippen molar-refractivity contribution in [3.05, 3.63) is 30.1 Å². The molecule has 96 valence electrons. The number of carbonyl (C=O) groups is 1. The monoisotopic (exact) mass is 247 g/mol. The number of ether oxygens (including phenoxy) is 1. The Morgan fingerprint density at radius 3 is 2.94 bits per heavy atom. The number of hydrogen-bond donors (Lipinski definition) is 1. The Hall–Kier alpha value is -2.04. The van der Waals surface area contributed by atoms with Crippen LogP contribution in [-0.4, -0.2) is 28.8 Å². The minimum absolute atomic E-state index is 0.378. The number of alkyl carbamates (subject to hydrolysis) is 1. The van der Waals surface area contributed by atoms with Crippen LogP contribution in [0.5, 0.6) is 0 Å². The summed E-state index contributed by atoms with van der Waals surface area (Å²) in [5, 5.41) is 2.69. The second-order valence-electron chi connectivity index (χ2n) is 3.97. The van der Waals surface area contributed by atoms with E-state index in [1.807, 2.05) is 35.9 Å². The van der Waals surface area contributed by atoms with Crippen molar-refractivity contribution < 1.29 is 9.53 Å². The van der Waals surface area contributed by atoms with Crippen LogP contribution in [0.3, 0.4) is 0 Å². The maximum atomic E-state index is 11.1. The molecule has 1 heterocycles. The van der Waals surface area contributed by atoms with Gasteiger partial charge in [-0.3, -0.25) is 0 Å². The van der Waals surface area contributed by atoms with Gasteiger partial charge in [0.15, 0.2) is 0 Å². The lowest BCUT2D eigenvalue weighted by atomic mass is 10.3. The van der Waals surface area contributed by atoms with Crippen LogP contribution in [0.4, 0.5) is 4.79 Å². The Kier molecular flexibility index (Phi) is 3.82. The number of aryl methyl sites for hydroxylation is 1. The second-order valence-corrected chi connectivity index (χ2v) is 3.97. The molecule has 0 aliphatic rings. The number of nitrogens with one attached hydrogen (secondary N) is 1. The van der Waals surface area contributed by atoms with Crippen LogP contribution in [0.2, 0.25) is 0 Å². The second kappa shape index (κ2) is 5.53. The lowest BCUT2D eigenvalue weighted by Crippen LogP contribution is -2.27. The van der Waals surface area contributed by atoms with Crippen molar-refractivity contribution in [2.24, 2.45) is 7.05 Å². The van der Waals surface area contributed by atoms with Crippen LogP contribution < -0.4 is 5.32 Å². The number of hydrogen-bond acceptors (Lipinski definition) is 3. The Balaban J connectivity index is 1.99. The summed E-state index contributed by atoms with van der Waals surface area (Å²) >= 11 is 0. The third-order valence-electron chi connectivity index (χ3n) is 2.77. The number of nitrogens with zero attached hydrogens (tertiary/aromatic N) is 2. The van der Waals surface area contributed by atoms with E-state index in [1.165, 1.54) is 0 Å². The maximum Gasteiger partial charge on any atom is 0.407 e. The molecule has 0 aliphatic carbocycles. The van der Waals surface area contributed by atoms with Crippen LogP contribution in [-0.2, 0) is 18.2 Å². The maximum absolute atomic E-state index is 11.1. The zero-order valence-corrected chi connectivity index (χ0v) is 10.6. The number of amides is 1. The third kappa shape index (κ3) is 2.61. The van der Waals surface area contributed by atoms with E-state index in [-0.39, 0.29) is 6.09 Å². The number of para-hydroxylation sites is 2. The van der Waals surface area contributed by atoms with Crippen molar-refractivity contribution in [1.82, 2.24) is 14.9 Å². The van der Waals surface area contributed by atoms with E-state index in [0.717, 1.165) is 16.9 Å². The molecule has 18 heavy (non-hydrogen) atoms. The fourth-order valence-electron chi connectivity index (χ4n) is 1.88. The average molecular weight is 247 g/mol. The van der Waals surface area contributed by atoms with Gasteiger partial charge >= 0.3 is 6.09 Å². The molecule has 2 rings (SSSR count). The molecular weight excluding hydrogens is 230 g/mol. The van der Waals surface area contributed by atoms with Crippen molar-refractivity contribution in [2.75, 3.05) is 13.2 Å². The van der Waals surface area contributed by atoms with E-state index >= 15 is 0 Å². The average Bonchev–Trinajstić information content (AvgIpc) is 2.68. The van der Waals surface area contributed by atoms with Crippen molar-refractivity contribution in [1.29, 1.82) is 0 Å². The summed E-state index contributed by atoms with van der Waals surface area (Å²) in [7, 11) is 1.98. The summed E-state index contributed by atoms with van der Waals surface area (Å²) in [4.78, 5) is 15.7. The molecule has 0 saturated heterocycles. The number of imidazole rings is 1. The molecule has 0 unspecified atom stereocenters. The molecule has 1 aromatic heterocycles. The molecule has 2 aromatic rings. The van der Waals surface area contributed by atoms with Crippen molar-refractivity contribution in [3.63, 3.8) is 0 Å². The molecule has 0 radical (unpaired) electrons. The fourth-order valence-corrected chi connectivity index (χ4v) is 1.88. The SMILES string of the molecule is CCOC(=O)NCCc1nc2ccccc2n1C. The van der Waals surface area contributed by atoms with Crippen molar-refractivity contribution in [3.8, 4) is 0 Å². The predicted molar refractivity (Wildman–Crippen MR) is 69.4 cm³/mol. The van der Waals surface area contributed by atoms with Gasteiger partial charge in [0.2, 0.25) is 0 Å². The number of carbonyl (C=O) groups excluding carboxylic acids is 1. The van der Waals surface area contributed by atoms with E-state index in [9.17, 15) is 4.79 Å². The molecule has 1 aromatic carbocycles. The molecule has 0 atom stereocenters. The highest BCUT2D eigenvalue weighted by Crippen LogP contribution is 2.14. The predicted octanol–water partition coefficient (Wildman–Crippen LogP) is 1.86. The van der Waals surface area contributed by atoms with Crippen molar-refractivity contribution >= 4 is 17.1 Å². The largest absolute Gasteiger partial charge is 0.450 e. The summed E-state index contributed by atoms with van der Waals surface area (Å²) in [6.45, 7) is 2.69. The van der Waals surface area contributed by atoms with Gasteiger partial charge in [-0.05, 0) is 19.1 Å². The Morgan fingerprint density at radius 2 is 2.22 bits per heavy atom. The smallest absolute Gasteiger partial charge is 0.407 e. The van der Waals surface area contributed by atoms with Crippen LogP contribution in [0.1, 0.15) is 12.7 Å². The lowest BCUT2D eigenvalue weighted by Gasteiger charge is -2.05. The summed E-state index contributed by atoms with van der Waals surface area (Å²) in [5.74, 6) is 0.952. The van der Waals surface area contributed by atoms with E-state index in [1.54, 1.807) is 6.92 Å².